The zero-order valence-corrected chi connectivity index (χ0v) is 13.2. The van der Waals surface area contributed by atoms with Crippen molar-refractivity contribution in [2.75, 3.05) is 7.11 Å². The highest BCUT2D eigenvalue weighted by Crippen LogP contribution is 2.24. The summed E-state index contributed by atoms with van der Waals surface area (Å²) < 4.78 is 7.17. The van der Waals surface area contributed by atoms with E-state index in [9.17, 15) is 4.79 Å². The number of nitrogens with one attached hydrogen (secondary N) is 1. The van der Waals surface area contributed by atoms with Gasteiger partial charge in [-0.3, -0.25) is 9.89 Å². The monoisotopic (exact) mass is 354 g/mol. The lowest BCUT2D eigenvalue weighted by atomic mass is 10.2. The van der Waals surface area contributed by atoms with Crippen molar-refractivity contribution >= 4 is 34.4 Å². The molecule has 104 valence electrons. The molecule has 0 aliphatic carbocycles. The number of aromatic nitrogens is 3. The molecule has 0 bridgehead atoms. The fraction of sp³-hybridized carbons (Fsp3) is 0.167. The summed E-state index contributed by atoms with van der Waals surface area (Å²) in [6, 6.07) is 5.44. The quantitative estimate of drug-likeness (QED) is 0.677. The van der Waals surface area contributed by atoms with Crippen molar-refractivity contribution in [3.63, 3.8) is 0 Å². The SMILES string of the molecule is COc1ccc(/C=N\n2c(=S)[nH]nc(C)c2=O)cc1Br. The molecule has 2 rings (SSSR count). The third kappa shape index (κ3) is 3.02. The number of benzene rings is 1. The second kappa shape index (κ2) is 6.10. The maximum absolute atomic E-state index is 11.8. The van der Waals surface area contributed by atoms with E-state index < -0.39 is 0 Å². The number of nitrogens with zero attached hydrogens (tertiary/aromatic N) is 3. The van der Waals surface area contributed by atoms with Gasteiger partial charge in [0.2, 0.25) is 4.77 Å². The minimum atomic E-state index is -0.349. The number of halogens is 1. The Bertz CT molecular complexity index is 782. The summed E-state index contributed by atoms with van der Waals surface area (Å²) in [6.45, 7) is 1.59. The number of aromatic amines is 1. The van der Waals surface area contributed by atoms with E-state index in [1.165, 1.54) is 6.21 Å². The summed E-state index contributed by atoms with van der Waals surface area (Å²) >= 11 is 8.36. The van der Waals surface area contributed by atoms with Gasteiger partial charge in [-0.15, -0.1) is 0 Å². The van der Waals surface area contributed by atoms with Crippen molar-refractivity contribution in [1.82, 2.24) is 14.9 Å². The molecule has 8 heteroatoms. The predicted octanol–water partition coefficient (Wildman–Crippen LogP) is 2.26. The van der Waals surface area contributed by atoms with E-state index in [1.807, 2.05) is 12.1 Å². The van der Waals surface area contributed by atoms with Gasteiger partial charge in [0.15, 0.2) is 0 Å². The molecule has 1 aromatic carbocycles. The van der Waals surface area contributed by atoms with Crippen molar-refractivity contribution in [3.8, 4) is 5.75 Å². The number of ether oxygens (including phenoxy) is 1. The van der Waals surface area contributed by atoms with Gasteiger partial charge in [-0.2, -0.15) is 14.9 Å². The normalized spacial score (nSPS) is 10.9. The summed E-state index contributed by atoms with van der Waals surface area (Å²) in [5, 5.41) is 10.4. The molecule has 0 atom stereocenters. The van der Waals surface area contributed by atoms with Crippen LogP contribution in [0, 0.1) is 11.7 Å². The Labute approximate surface area is 128 Å². The van der Waals surface area contributed by atoms with Crippen molar-refractivity contribution in [1.29, 1.82) is 0 Å². The van der Waals surface area contributed by atoms with Crippen LogP contribution in [0.15, 0.2) is 32.6 Å². The minimum absolute atomic E-state index is 0.143. The highest BCUT2D eigenvalue weighted by molar-refractivity contribution is 9.10. The molecule has 1 aromatic heterocycles. The van der Waals surface area contributed by atoms with Crippen LogP contribution in [0.25, 0.3) is 0 Å². The number of rotatable bonds is 3. The summed E-state index contributed by atoms with van der Waals surface area (Å²) in [5.74, 6) is 0.719. The predicted molar refractivity (Wildman–Crippen MR) is 82.1 cm³/mol. The van der Waals surface area contributed by atoms with Gasteiger partial charge in [0.05, 0.1) is 17.8 Å². The van der Waals surface area contributed by atoms with Crippen LogP contribution in [0.2, 0.25) is 0 Å². The van der Waals surface area contributed by atoms with Gasteiger partial charge in [-0.05, 0) is 58.8 Å². The van der Waals surface area contributed by atoms with Gasteiger partial charge >= 0.3 is 0 Å². The fourth-order valence-corrected chi connectivity index (χ4v) is 2.20. The summed E-state index contributed by atoms with van der Waals surface area (Å²) in [6.07, 6.45) is 1.54. The van der Waals surface area contributed by atoms with E-state index in [4.69, 9.17) is 17.0 Å². The second-order valence-corrected chi connectivity index (χ2v) is 5.11. The van der Waals surface area contributed by atoms with Crippen LogP contribution in [0.5, 0.6) is 5.75 Å². The van der Waals surface area contributed by atoms with Crippen LogP contribution in [-0.4, -0.2) is 28.2 Å². The van der Waals surface area contributed by atoms with Gasteiger partial charge in [-0.25, -0.2) is 0 Å². The molecule has 1 heterocycles. The molecule has 0 spiro atoms. The average molecular weight is 355 g/mol. The van der Waals surface area contributed by atoms with Crippen LogP contribution in [0.1, 0.15) is 11.3 Å². The topological polar surface area (TPSA) is 72.3 Å². The average Bonchev–Trinajstić information content (AvgIpc) is 2.43. The molecular weight excluding hydrogens is 344 g/mol. The first-order valence-electron chi connectivity index (χ1n) is 5.59. The number of hydrogen-bond acceptors (Lipinski definition) is 5. The summed E-state index contributed by atoms with van der Waals surface area (Å²) in [7, 11) is 1.59. The van der Waals surface area contributed by atoms with Crippen LogP contribution in [0.3, 0.4) is 0 Å². The molecule has 6 nitrogen and oxygen atoms in total. The lowest BCUT2D eigenvalue weighted by Gasteiger charge is -2.03. The molecular formula is C12H11BrN4O2S. The maximum atomic E-state index is 11.8. The van der Waals surface area contributed by atoms with E-state index in [0.29, 0.717) is 5.69 Å². The van der Waals surface area contributed by atoms with E-state index in [2.05, 4.69) is 31.2 Å². The Morgan fingerprint density at radius 1 is 1.55 bits per heavy atom. The number of H-pyrrole nitrogens is 1. The zero-order chi connectivity index (χ0) is 14.7. The Balaban J connectivity index is 2.40. The van der Waals surface area contributed by atoms with Crippen molar-refractivity contribution in [3.05, 3.63) is 49.1 Å². The Morgan fingerprint density at radius 3 is 2.95 bits per heavy atom. The van der Waals surface area contributed by atoms with Gasteiger partial charge in [0.1, 0.15) is 11.4 Å². The van der Waals surface area contributed by atoms with Crippen molar-refractivity contribution < 1.29 is 4.74 Å². The highest BCUT2D eigenvalue weighted by atomic mass is 79.9. The van der Waals surface area contributed by atoms with Crippen LogP contribution < -0.4 is 10.3 Å². The molecule has 0 aliphatic rings. The lowest BCUT2D eigenvalue weighted by Crippen LogP contribution is -2.22. The molecule has 0 amide bonds. The molecule has 2 aromatic rings. The second-order valence-electron chi connectivity index (χ2n) is 3.87. The van der Waals surface area contributed by atoms with Crippen LogP contribution in [0.4, 0.5) is 0 Å². The number of methoxy groups -OCH3 is 1. The largest absolute Gasteiger partial charge is 0.496 e. The first-order valence-corrected chi connectivity index (χ1v) is 6.79. The molecule has 1 N–H and O–H groups in total. The van der Waals surface area contributed by atoms with Crippen LogP contribution in [-0.2, 0) is 0 Å². The van der Waals surface area contributed by atoms with Gasteiger partial charge in [0.25, 0.3) is 5.56 Å². The zero-order valence-electron chi connectivity index (χ0n) is 10.8. The first kappa shape index (κ1) is 14.6. The summed E-state index contributed by atoms with van der Waals surface area (Å²) in [4.78, 5) is 11.8. The molecule has 0 saturated heterocycles. The standard InChI is InChI=1S/C12H11BrN4O2S/c1-7-11(18)17(12(20)16-15-7)14-6-8-3-4-10(19-2)9(13)5-8/h3-6H,1-2H3,(H,16,20)/b14-6-. The molecule has 0 aliphatic heterocycles. The van der Waals surface area contributed by atoms with Gasteiger partial charge in [0, 0.05) is 0 Å². The van der Waals surface area contributed by atoms with Crippen LogP contribution >= 0.6 is 28.1 Å². The maximum Gasteiger partial charge on any atom is 0.296 e. The van der Waals surface area contributed by atoms with E-state index in [-0.39, 0.29) is 10.3 Å². The Hall–Kier alpha value is -1.80. The molecule has 0 fully saturated rings. The minimum Gasteiger partial charge on any atom is -0.496 e. The fourth-order valence-electron chi connectivity index (χ4n) is 1.46. The van der Waals surface area contributed by atoms with Gasteiger partial charge in [-0.1, -0.05) is 0 Å². The third-order valence-electron chi connectivity index (χ3n) is 2.51. The lowest BCUT2D eigenvalue weighted by molar-refractivity contribution is 0.412. The van der Waals surface area contributed by atoms with E-state index >= 15 is 0 Å². The Morgan fingerprint density at radius 2 is 2.30 bits per heavy atom. The van der Waals surface area contributed by atoms with Crippen molar-refractivity contribution in [2.24, 2.45) is 5.10 Å². The molecule has 0 unspecified atom stereocenters. The third-order valence-corrected chi connectivity index (χ3v) is 3.40. The Kier molecular flexibility index (Phi) is 4.46. The smallest absolute Gasteiger partial charge is 0.296 e. The molecule has 20 heavy (non-hydrogen) atoms. The van der Waals surface area contributed by atoms with E-state index in [1.54, 1.807) is 20.1 Å². The molecule has 0 saturated carbocycles. The first-order chi connectivity index (χ1) is 9.52. The molecule has 0 radical (unpaired) electrons. The highest BCUT2D eigenvalue weighted by Gasteiger charge is 2.02. The van der Waals surface area contributed by atoms with Gasteiger partial charge < -0.3 is 4.74 Å². The van der Waals surface area contributed by atoms with Crippen molar-refractivity contribution in [2.45, 2.75) is 6.92 Å². The number of hydrogen-bond donors (Lipinski definition) is 1. The van der Waals surface area contributed by atoms with E-state index in [0.717, 1.165) is 20.5 Å². The number of aryl methyl sites for hydroxylation is 1. The summed E-state index contributed by atoms with van der Waals surface area (Å²) in [5.41, 5.74) is 0.748.